The molecule has 1 heterocycles. The fourth-order valence-corrected chi connectivity index (χ4v) is 3.60. The Bertz CT molecular complexity index is 340. The zero-order valence-corrected chi connectivity index (χ0v) is 12.9. The molecular weight excluding hydrogens is 252 g/mol. The zero-order chi connectivity index (χ0) is 14.5. The predicted octanol–water partition coefficient (Wildman–Crippen LogP) is 1.98. The van der Waals surface area contributed by atoms with Crippen LogP contribution in [0.4, 0.5) is 0 Å². The number of likely N-dealkylation sites (tertiary alicyclic amines) is 1. The molecule has 4 heteroatoms. The van der Waals surface area contributed by atoms with E-state index >= 15 is 0 Å². The third-order valence-electron chi connectivity index (χ3n) is 4.95. The lowest BCUT2D eigenvalue weighted by Crippen LogP contribution is -2.44. The Hall–Kier alpha value is -0.900. The summed E-state index contributed by atoms with van der Waals surface area (Å²) in [6.07, 6.45) is 5.98. The normalized spacial score (nSPS) is 28.4. The molecule has 20 heavy (non-hydrogen) atoms. The van der Waals surface area contributed by atoms with Gasteiger partial charge in [0.2, 0.25) is 5.91 Å². The molecule has 2 aliphatic rings. The SMILES string of the molecule is CCNC1CCC(C(=O)N2CCC(C(C)=O)CC2)CC1. The van der Waals surface area contributed by atoms with Crippen LogP contribution in [0.15, 0.2) is 0 Å². The number of Topliss-reactive ketones (excluding diaryl/α,β-unsaturated/α-hetero) is 1. The van der Waals surface area contributed by atoms with Gasteiger partial charge in [-0.1, -0.05) is 6.92 Å². The number of amides is 1. The van der Waals surface area contributed by atoms with Crippen molar-refractivity contribution >= 4 is 11.7 Å². The van der Waals surface area contributed by atoms with E-state index in [-0.39, 0.29) is 17.6 Å². The molecule has 0 bridgehead atoms. The van der Waals surface area contributed by atoms with Crippen molar-refractivity contribution in [2.75, 3.05) is 19.6 Å². The fraction of sp³-hybridized carbons (Fsp3) is 0.875. The van der Waals surface area contributed by atoms with Gasteiger partial charge >= 0.3 is 0 Å². The third kappa shape index (κ3) is 3.81. The van der Waals surface area contributed by atoms with Crippen molar-refractivity contribution in [3.05, 3.63) is 0 Å². The lowest BCUT2D eigenvalue weighted by atomic mass is 9.84. The molecular formula is C16H28N2O2. The molecule has 1 aliphatic carbocycles. The van der Waals surface area contributed by atoms with Crippen LogP contribution < -0.4 is 5.32 Å². The summed E-state index contributed by atoms with van der Waals surface area (Å²) in [6.45, 7) is 6.37. The Balaban J connectivity index is 1.77. The quantitative estimate of drug-likeness (QED) is 0.856. The van der Waals surface area contributed by atoms with Gasteiger partial charge in [0.15, 0.2) is 0 Å². The first kappa shape index (κ1) is 15.5. The second-order valence-corrected chi connectivity index (χ2v) is 6.32. The van der Waals surface area contributed by atoms with E-state index in [9.17, 15) is 9.59 Å². The van der Waals surface area contributed by atoms with Crippen molar-refractivity contribution in [2.24, 2.45) is 11.8 Å². The molecule has 1 saturated carbocycles. The highest BCUT2D eigenvalue weighted by atomic mass is 16.2. The zero-order valence-electron chi connectivity index (χ0n) is 12.9. The molecule has 0 atom stereocenters. The van der Waals surface area contributed by atoms with Crippen LogP contribution in [0.3, 0.4) is 0 Å². The summed E-state index contributed by atoms with van der Waals surface area (Å²) in [6, 6.07) is 0.604. The predicted molar refractivity (Wildman–Crippen MR) is 79.4 cm³/mol. The first-order valence-electron chi connectivity index (χ1n) is 8.14. The smallest absolute Gasteiger partial charge is 0.225 e. The molecule has 2 fully saturated rings. The minimum Gasteiger partial charge on any atom is -0.342 e. The van der Waals surface area contributed by atoms with Crippen LogP contribution in [-0.2, 0) is 9.59 Å². The van der Waals surface area contributed by atoms with Crippen LogP contribution in [0.2, 0.25) is 0 Å². The summed E-state index contributed by atoms with van der Waals surface area (Å²) < 4.78 is 0. The monoisotopic (exact) mass is 280 g/mol. The second-order valence-electron chi connectivity index (χ2n) is 6.32. The van der Waals surface area contributed by atoms with Crippen molar-refractivity contribution in [1.82, 2.24) is 10.2 Å². The summed E-state index contributed by atoms with van der Waals surface area (Å²) in [5, 5.41) is 3.48. The summed E-state index contributed by atoms with van der Waals surface area (Å²) in [5.41, 5.74) is 0. The highest BCUT2D eigenvalue weighted by Gasteiger charge is 2.31. The molecule has 1 saturated heterocycles. The van der Waals surface area contributed by atoms with E-state index in [4.69, 9.17) is 0 Å². The lowest BCUT2D eigenvalue weighted by molar-refractivity contribution is -0.139. The van der Waals surface area contributed by atoms with E-state index in [0.29, 0.717) is 11.9 Å². The van der Waals surface area contributed by atoms with Crippen LogP contribution in [0.1, 0.15) is 52.4 Å². The molecule has 0 radical (unpaired) electrons. The van der Waals surface area contributed by atoms with Gasteiger partial charge in [0.1, 0.15) is 5.78 Å². The van der Waals surface area contributed by atoms with Gasteiger partial charge in [-0.3, -0.25) is 9.59 Å². The van der Waals surface area contributed by atoms with E-state index in [2.05, 4.69) is 12.2 Å². The minimum absolute atomic E-state index is 0.184. The maximum Gasteiger partial charge on any atom is 0.225 e. The van der Waals surface area contributed by atoms with E-state index in [1.54, 1.807) is 6.92 Å². The summed E-state index contributed by atoms with van der Waals surface area (Å²) in [4.78, 5) is 25.9. The van der Waals surface area contributed by atoms with Crippen LogP contribution in [0.25, 0.3) is 0 Å². The number of hydrogen-bond donors (Lipinski definition) is 1. The molecule has 0 spiro atoms. The highest BCUT2D eigenvalue weighted by molar-refractivity contribution is 5.81. The Labute approximate surface area is 122 Å². The van der Waals surface area contributed by atoms with Crippen molar-refractivity contribution < 1.29 is 9.59 Å². The van der Waals surface area contributed by atoms with Gasteiger partial charge in [0.05, 0.1) is 0 Å². The van der Waals surface area contributed by atoms with E-state index < -0.39 is 0 Å². The largest absolute Gasteiger partial charge is 0.342 e. The number of nitrogens with one attached hydrogen (secondary N) is 1. The summed E-state index contributed by atoms with van der Waals surface area (Å²) >= 11 is 0. The minimum atomic E-state index is 0.184. The van der Waals surface area contributed by atoms with Crippen LogP contribution in [0.5, 0.6) is 0 Å². The maximum absolute atomic E-state index is 12.5. The second kappa shape index (κ2) is 7.21. The van der Waals surface area contributed by atoms with E-state index in [0.717, 1.165) is 58.2 Å². The first-order valence-corrected chi connectivity index (χ1v) is 8.14. The van der Waals surface area contributed by atoms with Crippen molar-refractivity contribution in [2.45, 2.75) is 58.4 Å². The number of piperidine rings is 1. The van der Waals surface area contributed by atoms with Crippen LogP contribution in [0, 0.1) is 11.8 Å². The van der Waals surface area contributed by atoms with Gasteiger partial charge in [-0.15, -0.1) is 0 Å². The van der Waals surface area contributed by atoms with Crippen molar-refractivity contribution in [1.29, 1.82) is 0 Å². The number of carbonyl (C=O) groups excluding carboxylic acids is 2. The average Bonchev–Trinajstić information content (AvgIpc) is 2.48. The summed E-state index contributed by atoms with van der Waals surface area (Å²) in [7, 11) is 0. The maximum atomic E-state index is 12.5. The standard InChI is InChI=1S/C16H28N2O2/c1-3-17-15-6-4-14(5-7-15)16(20)18-10-8-13(9-11-18)12(2)19/h13-15,17H,3-11H2,1-2H3. The molecule has 1 amide bonds. The van der Waals surface area contributed by atoms with E-state index in [1.165, 1.54) is 0 Å². The summed E-state index contributed by atoms with van der Waals surface area (Å²) in [5.74, 6) is 1.02. The topological polar surface area (TPSA) is 49.4 Å². The Morgan fingerprint density at radius 1 is 1.00 bits per heavy atom. The van der Waals surface area contributed by atoms with Gasteiger partial charge in [0, 0.05) is 31.0 Å². The molecule has 114 valence electrons. The van der Waals surface area contributed by atoms with Crippen molar-refractivity contribution in [3.63, 3.8) is 0 Å². The molecule has 1 aliphatic heterocycles. The molecule has 1 N–H and O–H groups in total. The lowest BCUT2D eigenvalue weighted by Gasteiger charge is -2.36. The molecule has 0 aromatic rings. The highest BCUT2D eigenvalue weighted by Crippen LogP contribution is 2.28. The molecule has 0 aromatic carbocycles. The molecule has 0 aromatic heterocycles. The first-order chi connectivity index (χ1) is 9.61. The van der Waals surface area contributed by atoms with Gasteiger partial charge < -0.3 is 10.2 Å². The molecule has 4 nitrogen and oxygen atoms in total. The number of nitrogens with zero attached hydrogens (tertiary/aromatic N) is 1. The number of ketones is 1. The third-order valence-corrected chi connectivity index (χ3v) is 4.95. The van der Waals surface area contributed by atoms with Crippen LogP contribution in [-0.4, -0.2) is 42.3 Å². The molecule has 0 unspecified atom stereocenters. The van der Waals surface area contributed by atoms with Crippen molar-refractivity contribution in [3.8, 4) is 0 Å². The van der Waals surface area contributed by atoms with E-state index in [1.807, 2.05) is 4.90 Å². The molecule has 2 rings (SSSR count). The van der Waals surface area contributed by atoms with Gasteiger partial charge in [-0.25, -0.2) is 0 Å². The van der Waals surface area contributed by atoms with Gasteiger partial charge in [0.25, 0.3) is 0 Å². The average molecular weight is 280 g/mol. The van der Waals surface area contributed by atoms with Gasteiger partial charge in [-0.05, 0) is 52.0 Å². The Morgan fingerprint density at radius 2 is 1.60 bits per heavy atom. The fourth-order valence-electron chi connectivity index (χ4n) is 3.60. The number of hydrogen-bond acceptors (Lipinski definition) is 3. The van der Waals surface area contributed by atoms with Gasteiger partial charge in [-0.2, -0.15) is 0 Å². The number of rotatable bonds is 4. The Kier molecular flexibility index (Phi) is 5.58. The number of carbonyl (C=O) groups is 2. The van der Waals surface area contributed by atoms with Crippen LogP contribution >= 0.6 is 0 Å². The Morgan fingerprint density at radius 3 is 2.10 bits per heavy atom.